The van der Waals surface area contributed by atoms with E-state index in [9.17, 15) is 9.00 Å². The number of rotatable bonds is 3. The number of nitrogens with zero attached hydrogens (tertiary/aromatic N) is 2. The van der Waals surface area contributed by atoms with Gasteiger partial charge in [-0.2, -0.15) is 0 Å². The van der Waals surface area contributed by atoms with Gasteiger partial charge >= 0.3 is 6.09 Å². The Morgan fingerprint density at radius 3 is 2.83 bits per heavy atom. The standard InChI is InChI=1S/C16H23BrN2O3S/c1-16(2,3)22-15(20)19-10-5-4-7-12(19)11-23(21)14-9-6-8-13(17)18-14/h6,8-9,12H,4-5,7,10-11H2,1-3H3. The Kier molecular flexibility index (Phi) is 6.19. The molecule has 1 amide bonds. The molecule has 2 unspecified atom stereocenters. The Morgan fingerprint density at radius 1 is 1.43 bits per heavy atom. The number of ether oxygens (including phenoxy) is 1. The number of likely N-dealkylation sites (tertiary alicyclic amines) is 1. The van der Waals surface area contributed by atoms with Crippen LogP contribution in [-0.4, -0.2) is 44.1 Å². The van der Waals surface area contributed by atoms with Gasteiger partial charge in [-0.05, 0) is 68.1 Å². The molecule has 2 atom stereocenters. The topological polar surface area (TPSA) is 59.5 Å². The van der Waals surface area contributed by atoms with Crippen molar-refractivity contribution in [3.8, 4) is 0 Å². The second-order valence-corrected chi connectivity index (χ2v) is 8.89. The second kappa shape index (κ2) is 7.75. The van der Waals surface area contributed by atoms with Gasteiger partial charge in [-0.3, -0.25) is 4.21 Å². The first-order chi connectivity index (χ1) is 10.8. The molecule has 1 saturated heterocycles. The fourth-order valence-corrected chi connectivity index (χ4v) is 4.27. The van der Waals surface area contributed by atoms with Crippen molar-refractivity contribution in [1.29, 1.82) is 0 Å². The number of halogens is 1. The Hall–Kier alpha value is -0.950. The van der Waals surface area contributed by atoms with Gasteiger partial charge in [0.15, 0.2) is 0 Å². The normalized spacial score (nSPS) is 20.2. The third kappa shape index (κ3) is 5.57. The number of hydrogen-bond acceptors (Lipinski definition) is 4. The van der Waals surface area contributed by atoms with E-state index >= 15 is 0 Å². The maximum Gasteiger partial charge on any atom is 0.410 e. The molecule has 0 radical (unpaired) electrons. The van der Waals surface area contributed by atoms with Crippen LogP contribution in [0.4, 0.5) is 4.79 Å². The molecule has 23 heavy (non-hydrogen) atoms. The van der Waals surface area contributed by atoms with Gasteiger partial charge in [0.25, 0.3) is 0 Å². The van der Waals surface area contributed by atoms with Crippen LogP contribution >= 0.6 is 15.9 Å². The van der Waals surface area contributed by atoms with Gasteiger partial charge < -0.3 is 9.64 Å². The van der Waals surface area contributed by atoms with E-state index in [0.29, 0.717) is 21.9 Å². The van der Waals surface area contributed by atoms with Crippen LogP contribution in [0, 0.1) is 0 Å². The minimum atomic E-state index is -1.24. The second-order valence-electron chi connectivity index (χ2n) is 6.63. The lowest BCUT2D eigenvalue weighted by molar-refractivity contribution is 0.0125. The summed E-state index contributed by atoms with van der Waals surface area (Å²) in [6, 6.07) is 5.30. The van der Waals surface area contributed by atoms with Gasteiger partial charge in [-0.15, -0.1) is 0 Å². The van der Waals surface area contributed by atoms with Crippen molar-refractivity contribution in [3.63, 3.8) is 0 Å². The zero-order chi connectivity index (χ0) is 17.0. The molecule has 2 rings (SSSR count). The molecule has 1 aliphatic rings. The summed E-state index contributed by atoms with van der Waals surface area (Å²) >= 11 is 3.29. The maximum absolute atomic E-state index is 12.6. The third-order valence-corrected chi connectivity index (χ3v) is 5.34. The molecule has 0 aromatic carbocycles. The Balaban J connectivity index is 2.06. The summed E-state index contributed by atoms with van der Waals surface area (Å²) in [5, 5.41) is 0.536. The summed E-state index contributed by atoms with van der Waals surface area (Å²) in [5.41, 5.74) is -0.524. The van der Waals surface area contributed by atoms with Crippen LogP contribution in [0.3, 0.4) is 0 Å². The predicted octanol–water partition coefficient (Wildman–Crippen LogP) is 3.74. The highest BCUT2D eigenvalue weighted by Gasteiger charge is 2.31. The molecule has 128 valence electrons. The van der Waals surface area contributed by atoms with Crippen LogP contribution in [0.25, 0.3) is 0 Å². The summed E-state index contributed by atoms with van der Waals surface area (Å²) in [5.74, 6) is 0.392. The smallest absolute Gasteiger partial charge is 0.410 e. The molecule has 1 aromatic rings. The lowest BCUT2D eigenvalue weighted by Gasteiger charge is -2.36. The highest BCUT2D eigenvalue weighted by molar-refractivity contribution is 9.10. The van der Waals surface area contributed by atoms with E-state index in [1.807, 2.05) is 26.8 Å². The SMILES string of the molecule is CC(C)(C)OC(=O)N1CCCCC1CS(=O)c1cccc(Br)n1. The molecular weight excluding hydrogens is 380 g/mol. The van der Waals surface area contributed by atoms with Crippen molar-refractivity contribution in [2.24, 2.45) is 0 Å². The number of amides is 1. The maximum atomic E-state index is 12.6. The van der Waals surface area contributed by atoms with E-state index in [0.717, 1.165) is 19.3 Å². The van der Waals surface area contributed by atoms with Crippen molar-refractivity contribution in [3.05, 3.63) is 22.8 Å². The quantitative estimate of drug-likeness (QED) is 0.722. The monoisotopic (exact) mass is 402 g/mol. The number of piperidine rings is 1. The first-order valence-corrected chi connectivity index (χ1v) is 9.88. The summed E-state index contributed by atoms with van der Waals surface area (Å²) < 4.78 is 18.7. The summed E-state index contributed by atoms with van der Waals surface area (Å²) in [6.45, 7) is 6.22. The number of aromatic nitrogens is 1. The molecule has 1 fully saturated rings. The van der Waals surface area contributed by atoms with Gasteiger partial charge in [-0.25, -0.2) is 9.78 Å². The van der Waals surface area contributed by atoms with Gasteiger partial charge in [0.2, 0.25) is 0 Å². The van der Waals surface area contributed by atoms with Crippen molar-refractivity contribution in [1.82, 2.24) is 9.88 Å². The highest BCUT2D eigenvalue weighted by Crippen LogP contribution is 2.22. The first kappa shape index (κ1) is 18.4. The Morgan fingerprint density at radius 2 is 2.17 bits per heavy atom. The van der Waals surface area contributed by atoms with Crippen molar-refractivity contribution in [2.45, 2.75) is 56.7 Å². The fraction of sp³-hybridized carbons (Fsp3) is 0.625. The van der Waals surface area contributed by atoms with Gasteiger partial charge in [0, 0.05) is 12.6 Å². The lowest BCUT2D eigenvalue weighted by atomic mass is 10.0. The molecule has 2 heterocycles. The third-order valence-electron chi connectivity index (χ3n) is 3.52. The number of carbonyl (C=O) groups excluding carboxylic acids is 1. The lowest BCUT2D eigenvalue weighted by Crippen LogP contribution is -2.48. The van der Waals surface area contributed by atoms with Crippen LogP contribution < -0.4 is 0 Å². The van der Waals surface area contributed by atoms with Crippen LogP contribution in [0.1, 0.15) is 40.0 Å². The van der Waals surface area contributed by atoms with Crippen molar-refractivity contribution < 1.29 is 13.7 Å². The van der Waals surface area contributed by atoms with E-state index < -0.39 is 16.4 Å². The minimum Gasteiger partial charge on any atom is -0.444 e. The molecule has 1 aliphatic heterocycles. The average molecular weight is 403 g/mol. The van der Waals surface area contributed by atoms with Crippen molar-refractivity contribution in [2.75, 3.05) is 12.3 Å². The Bertz CT molecular complexity index is 589. The molecule has 0 bridgehead atoms. The zero-order valence-corrected chi connectivity index (χ0v) is 16.2. The fourth-order valence-electron chi connectivity index (χ4n) is 2.51. The van der Waals surface area contributed by atoms with Gasteiger partial charge in [0.05, 0.1) is 16.6 Å². The predicted molar refractivity (Wildman–Crippen MR) is 93.8 cm³/mol. The van der Waals surface area contributed by atoms with Crippen LogP contribution in [0.5, 0.6) is 0 Å². The average Bonchev–Trinajstić information content (AvgIpc) is 2.46. The first-order valence-electron chi connectivity index (χ1n) is 7.77. The molecule has 0 saturated carbocycles. The van der Waals surface area contributed by atoms with Crippen LogP contribution in [0.2, 0.25) is 0 Å². The van der Waals surface area contributed by atoms with E-state index in [4.69, 9.17) is 4.74 Å². The molecule has 0 N–H and O–H groups in total. The molecule has 5 nitrogen and oxygen atoms in total. The highest BCUT2D eigenvalue weighted by atomic mass is 79.9. The van der Waals surface area contributed by atoms with Crippen molar-refractivity contribution >= 4 is 32.8 Å². The van der Waals surface area contributed by atoms with Gasteiger partial charge in [0.1, 0.15) is 15.2 Å². The summed E-state index contributed by atoms with van der Waals surface area (Å²) in [4.78, 5) is 18.4. The number of pyridine rings is 1. The summed E-state index contributed by atoms with van der Waals surface area (Å²) in [7, 11) is -1.24. The number of hydrogen-bond donors (Lipinski definition) is 0. The minimum absolute atomic E-state index is 0.0692. The molecule has 0 aliphatic carbocycles. The summed E-state index contributed by atoms with van der Waals surface area (Å²) in [6.07, 6.45) is 2.52. The van der Waals surface area contributed by atoms with Crippen LogP contribution in [0.15, 0.2) is 27.8 Å². The largest absolute Gasteiger partial charge is 0.444 e. The zero-order valence-electron chi connectivity index (χ0n) is 13.8. The number of carbonyl (C=O) groups is 1. The van der Waals surface area contributed by atoms with Gasteiger partial charge in [-0.1, -0.05) is 6.07 Å². The molecular formula is C16H23BrN2O3S. The van der Waals surface area contributed by atoms with E-state index in [2.05, 4.69) is 20.9 Å². The van der Waals surface area contributed by atoms with Crippen LogP contribution in [-0.2, 0) is 15.5 Å². The Labute approximate surface area is 148 Å². The van der Waals surface area contributed by atoms with E-state index in [1.165, 1.54) is 0 Å². The van der Waals surface area contributed by atoms with E-state index in [1.54, 1.807) is 17.0 Å². The van der Waals surface area contributed by atoms with E-state index in [-0.39, 0.29) is 12.1 Å². The molecule has 1 aromatic heterocycles. The molecule has 7 heteroatoms. The molecule has 0 spiro atoms.